The zero-order valence-electron chi connectivity index (χ0n) is 87.7. The Labute approximate surface area is 873 Å². The Morgan fingerprint density at radius 1 is 0.469 bits per heavy atom. The van der Waals surface area contributed by atoms with Gasteiger partial charge in [-0.25, -0.2) is 19.2 Å². The molecule has 29 heteroatoms. The molecule has 0 radical (unpaired) electrons. The number of aliphatic hydroxyl groups is 5. The number of fused-ring (bicyclic) bond motifs is 10. The molecule has 4 saturated carbocycles. The summed E-state index contributed by atoms with van der Waals surface area (Å²) in [5, 5.41) is 69.5. The van der Waals surface area contributed by atoms with Gasteiger partial charge in [0.05, 0.1) is 89.5 Å². The van der Waals surface area contributed by atoms with Gasteiger partial charge in [0.25, 0.3) is 11.8 Å². The standard InChI is InChI=1S/C66H90BrNO13.C46H51NO12.C6H12O/c1-8-9-10-11-12-13-14-15-16-17-18-19-20-21-22-32-39-76-53(42-67)79-56(55(47-33-26-23-27-34-47)68-60(72)48-35-28-24-29-36-48)62(74)78-50-41-66(75)59(80-61(73)49-37-30-25-31-38-49)57-64(7,58(71)45(3)54(44(50)2)63(66,5)6)51(70)40-52-65(57,43-77-52)81-46(4)69;1-25-31(57-42(54)36(50)35(28-16-10-7-11-17-28)47-40(52)29-18-12-8-13-19-29)23-46(55)39(58-41(53)30-20-14-9-15-21-30)37-44(6,38(51)26(2)34(25)43(46,4)5)32(49)22-33-45(37,24-56-33)59-27(3)48;1-3-5-6-7-4-2/h23-31,33-38,45,50-53,55-57,59,70,75H,8-22,32,39-43H2,1-7H3,(H,68,72);7-21,26,31-33,35-37,39,49-50,55H,22-24H2,1-6H3,(H,47,52);4H,2-3,5-6H2,1H3/t45-,50+,51+,52-,53?,55+,56-,57+,59+,64-,65+,66-;26-,31+,32+,33-,35+,36-,37+,39+,44-,45+,46-;/m11./s1. The van der Waals surface area contributed by atoms with Crippen LogP contribution in [0.15, 0.2) is 217 Å². The first-order chi connectivity index (χ1) is 70.1. The summed E-state index contributed by atoms with van der Waals surface area (Å²) in [7, 11) is 0. The average Bonchev–Trinajstić information content (AvgIpc) is 0.671. The fraction of sp³-hybridized carbons (Fsp3) is 0.559. The van der Waals surface area contributed by atoms with E-state index >= 15 is 14.4 Å². The van der Waals surface area contributed by atoms with Crippen molar-refractivity contribution in [2.24, 2.45) is 45.3 Å². The molecule has 8 aliphatic rings. The number of ketones is 2. The van der Waals surface area contributed by atoms with Crippen molar-refractivity contribution >= 4 is 75.1 Å². The highest BCUT2D eigenvalue weighted by atomic mass is 79.9. The van der Waals surface area contributed by atoms with Gasteiger partial charge in [-0.15, -0.1) is 0 Å². The number of benzene rings is 6. The second-order valence-corrected chi connectivity index (χ2v) is 43.1. The van der Waals surface area contributed by atoms with Crippen LogP contribution < -0.4 is 10.6 Å². The molecule has 14 rings (SSSR count). The molecule has 6 fully saturated rings. The van der Waals surface area contributed by atoms with Gasteiger partial charge in [0.2, 0.25) is 0 Å². The number of esters is 6. The highest BCUT2D eigenvalue weighted by Crippen LogP contribution is 2.68. The Morgan fingerprint density at radius 3 is 1.16 bits per heavy atom. The van der Waals surface area contributed by atoms with E-state index in [1.165, 1.54) is 116 Å². The van der Waals surface area contributed by atoms with Crippen LogP contribution in [0, 0.1) is 45.3 Å². The van der Waals surface area contributed by atoms with Crippen molar-refractivity contribution in [1.82, 2.24) is 10.6 Å². The van der Waals surface area contributed by atoms with Crippen LogP contribution in [0.1, 0.15) is 303 Å². The molecule has 6 aliphatic carbocycles. The van der Waals surface area contributed by atoms with Crippen molar-refractivity contribution in [1.29, 1.82) is 0 Å². The topological polar surface area (TPSA) is 397 Å². The molecule has 798 valence electrons. The van der Waals surface area contributed by atoms with E-state index in [0.29, 0.717) is 51.2 Å². The monoisotopic (exact) mass is 2090 g/mol. The lowest BCUT2D eigenvalue weighted by Crippen LogP contribution is -2.81. The van der Waals surface area contributed by atoms with Crippen LogP contribution >= 0.6 is 15.9 Å². The SMILES string of the molecule is C=COCCCC.CC(=O)O[C@@]12CO[C@@H]1C[C@H](O)[C@@]1(C)C(=O)[C@H](C)C3=C(C)[C@@H](OC(=O)[C@H](O)[C@@H](NC(=O)c4ccccc4)c4ccccc4)C[C@@](O)([C@@H](OC(=O)c4ccccc4)[C@H]21)C3(C)C.CCCCCCCCCCCCCCCCCCOC(CBr)O[C@@H](C(=O)O[C@H]1C[C@@]2(O)[C@@H](OC(=O)c3ccccc3)[C@@H]3[C@]4(OC(C)=O)CO[C@@H]4C[C@H](O)[C@@]3(C)C(=O)[C@H](C)C(=C1C)C2(C)C)[C@@H](NC(=O)c1ccccc1)c1ccccc1. The summed E-state index contributed by atoms with van der Waals surface area (Å²) in [5.74, 6) is -11.8. The molecular weight excluding hydrogens is 1940 g/mol. The van der Waals surface area contributed by atoms with Crippen molar-refractivity contribution in [2.45, 2.75) is 340 Å². The zero-order chi connectivity index (χ0) is 107. The van der Waals surface area contributed by atoms with E-state index in [9.17, 15) is 59.1 Å². The van der Waals surface area contributed by atoms with E-state index in [-0.39, 0.29) is 48.9 Å². The first-order valence-corrected chi connectivity index (χ1v) is 53.7. The van der Waals surface area contributed by atoms with Gasteiger partial charge in [-0.2, -0.15) is 0 Å². The number of carbonyl (C=O) groups excluding carboxylic acids is 10. The third-order valence-electron chi connectivity index (χ3n) is 32.5. The molecule has 147 heavy (non-hydrogen) atoms. The fourth-order valence-electron chi connectivity index (χ4n) is 24.5. The van der Waals surface area contributed by atoms with Gasteiger partial charge < -0.3 is 88.3 Å². The second kappa shape index (κ2) is 50.9. The summed E-state index contributed by atoms with van der Waals surface area (Å²) >= 11 is 3.58. The molecular formula is C118H153BrN2O26. The Morgan fingerprint density at radius 2 is 0.810 bits per heavy atom. The lowest BCUT2D eigenvalue weighted by molar-refractivity contribution is -0.345. The molecule has 6 aromatic carbocycles. The summed E-state index contributed by atoms with van der Waals surface area (Å²) < 4.78 is 68.0. The minimum Gasteiger partial charge on any atom is -0.502 e. The molecule has 0 aromatic heterocycles. The maximum atomic E-state index is 15.6. The number of hydrogen-bond donors (Lipinski definition) is 7. The number of amides is 2. The molecule has 7 N–H and O–H groups in total. The molecule has 4 bridgehead atoms. The lowest BCUT2D eigenvalue weighted by Gasteiger charge is -2.67. The van der Waals surface area contributed by atoms with Gasteiger partial charge >= 0.3 is 35.8 Å². The van der Waals surface area contributed by atoms with E-state index in [0.717, 1.165) is 38.7 Å². The number of halogens is 1. The largest absolute Gasteiger partial charge is 0.502 e. The van der Waals surface area contributed by atoms with E-state index < -0.39 is 213 Å². The molecule has 6 aromatic rings. The molecule has 2 aliphatic heterocycles. The van der Waals surface area contributed by atoms with Crippen molar-refractivity contribution in [2.75, 3.05) is 31.8 Å². The van der Waals surface area contributed by atoms with Crippen LogP contribution in [0.3, 0.4) is 0 Å². The van der Waals surface area contributed by atoms with Crippen LogP contribution in [-0.2, 0) is 80.9 Å². The smallest absolute Gasteiger partial charge is 0.338 e. The quantitative estimate of drug-likeness (QED) is 0.00355. The van der Waals surface area contributed by atoms with Crippen molar-refractivity contribution in [3.8, 4) is 0 Å². The van der Waals surface area contributed by atoms with Crippen LogP contribution in [0.25, 0.3) is 0 Å². The van der Waals surface area contributed by atoms with Crippen LogP contribution in [0.2, 0.25) is 0 Å². The van der Waals surface area contributed by atoms with E-state index in [1.807, 2.05) is 6.07 Å². The normalized spacial score (nSPS) is 28.9. The summed E-state index contributed by atoms with van der Waals surface area (Å²) in [6.45, 7) is 27.9. The minimum atomic E-state index is -2.20. The number of rotatable bonds is 43. The van der Waals surface area contributed by atoms with E-state index in [2.05, 4.69) is 47.0 Å². The third kappa shape index (κ3) is 24.8. The van der Waals surface area contributed by atoms with Gasteiger partial charge in [0.1, 0.15) is 59.4 Å². The number of aliphatic hydroxyl groups excluding tert-OH is 3. The van der Waals surface area contributed by atoms with E-state index in [4.69, 9.17) is 52.1 Å². The van der Waals surface area contributed by atoms with Gasteiger partial charge in [-0.3, -0.25) is 28.8 Å². The Bertz CT molecular complexity index is 5530. The van der Waals surface area contributed by atoms with E-state index in [1.54, 1.807) is 233 Å². The summed E-state index contributed by atoms with van der Waals surface area (Å²) in [5.41, 5.74) is -10.3. The maximum absolute atomic E-state index is 15.6. The average molecular weight is 2100 g/mol. The van der Waals surface area contributed by atoms with Crippen LogP contribution in [0.4, 0.5) is 0 Å². The highest BCUT2D eigenvalue weighted by Gasteiger charge is 2.80. The Balaban J connectivity index is 0.000000255. The molecule has 0 spiro atoms. The molecule has 2 heterocycles. The zero-order valence-corrected chi connectivity index (χ0v) is 89.3. The second-order valence-electron chi connectivity index (χ2n) is 42.4. The first kappa shape index (κ1) is 115. The van der Waals surface area contributed by atoms with Crippen molar-refractivity contribution < 1.29 is 126 Å². The number of hydrogen-bond acceptors (Lipinski definition) is 26. The number of nitrogens with one attached hydrogen (secondary N) is 2. The van der Waals surface area contributed by atoms with Gasteiger partial charge in [-0.1, -0.05) is 314 Å². The third-order valence-corrected chi connectivity index (χ3v) is 33.0. The highest BCUT2D eigenvalue weighted by molar-refractivity contribution is 9.09. The van der Waals surface area contributed by atoms with Gasteiger partial charge in [0, 0.05) is 79.9 Å². The summed E-state index contributed by atoms with van der Waals surface area (Å²) in [6.07, 6.45) is 7.65. The molecule has 1 unspecified atom stereocenters. The number of alkyl halides is 1. The summed E-state index contributed by atoms with van der Waals surface area (Å²) in [4.78, 5) is 143. The van der Waals surface area contributed by atoms with Gasteiger partial charge in [0.15, 0.2) is 29.7 Å². The van der Waals surface area contributed by atoms with Crippen LogP contribution in [0.5, 0.6) is 0 Å². The van der Waals surface area contributed by atoms with Crippen molar-refractivity contribution in [3.63, 3.8) is 0 Å². The Kier molecular flexibility index (Phi) is 39.9. The predicted octanol–water partition coefficient (Wildman–Crippen LogP) is 18.9. The number of carbonyl (C=O) groups is 10. The number of Topliss-reactive ketones (excluding diaryl/α,β-unsaturated/α-hetero) is 2. The number of ether oxygens (including phenoxy) is 11. The lowest BCUT2D eigenvalue weighted by atomic mass is 9.43. The van der Waals surface area contributed by atoms with Gasteiger partial charge in [-0.05, 0) is 122 Å². The van der Waals surface area contributed by atoms with Crippen LogP contribution in [-0.4, -0.2) is 206 Å². The molecule has 2 amide bonds. The summed E-state index contributed by atoms with van der Waals surface area (Å²) in [6, 6.07) is 48.2. The van der Waals surface area contributed by atoms with Crippen molar-refractivity contribution in [3.05, 3.63) is 251 Å². The number of unbranched alkanes of at least 4 members (excludes halogenated alkanes) is 16. The molecule has 2 saturated heterocycles. The maximum Gasteiger partial charge on any atom is 0.338 e. The Hall–Kier alpha value is -10.4. The fourth-order valence-corrected chi connectivity index (χ4v) is 24.8. The molecule has 28 nitrogen and oxygen atoms in total. The minimum absolute atomic E-state index is 0.0679. The first-order valence-electron chi connectivity index (χ1n) is 52.6. The predicted molar refractivity (Wildman–Crippen MR) is 556 cm³/mol. The molecule has 23 atom stereocenters.